The summed E-state index contributed by atoms with van der Waals surface area (Å²) in [4.78, 5) is 0. The van der Waals surface area contributed by atoms with Gasteiger partial charge < -0.3 is 0 Å². The van der Waals surface area contributed by atoms with Crippen LogP contribution < -0.4 is 0 Å². The molecule has 0 N–H and O–H groups in total. The predicted octanol–water partition coefficient (Wildman–Crippen LogP) is 4.71. The highest BCUT2D eigenvalue weighted by Crippen LogP contribution is 2.24. The van der Waals surface area contributed by atoms with Crippen molar-refractivity contribution in [1.29, 1.82) is 0 Å². The zero-order valence-corrected chi connectivity index (χ0v) is 9.88. The number of benzene rings is 1. The average Bonchev–Trinajstić information content (AvgIpc) is 2.18. The normalized spacial score (nSPS) is 13.2. The fourth-order valence-corrected chi connectivity index (χ4v) is 1.82. The lowest BCUT2D eigenvalue weighted by Crippen LogP contribution is -1.95. The van der Waals surface area contributed by atoms with Gasteiger partial charge in [-0.25, -0.2) is 0 Å². The van der Waals surface area contributed by atoms with Gasteiger partial charge in [0.1, 0.15) is 0 Å². The van der Waals surface area contributed by atoms with Gasteiger partial charge in [0, 0.05) is 0 Å². The van der Waals surface area contributed by atoms with E-state index in [1.807, 2.05) is 0 Å². The summed E-state index contributed by atoms with van der Waals surface area (Å²) in [5, 5.41) is 0. The highest BCUT2D eigenvalue weighted by atomic mass is 14.1. The van der Waals surface area contributed by atoms with E-state index < -0.39 is 0 Å². The van der Waals surface area contributed by atoms with E-state index in [2.05, 4.69) is 52.0 Å². The van der Waals surface area contributed by atoms with Crippen molar-refractivity contribution in [3.8, 4) is 0 Å². The summed E-state index contributed by atoms with van der Waals surface area (Å²) in [6.07, 6.45) is 2.56. The predicted molar refractivity (Wildman–Crippen MR) is 63.9 cm³/mol. The van der Waals surface area contributed by atoms with Gasteiger partial charge in [0.05, 0.1) is 0 Å². The second-order valence-corrected chi connectivity index (χ2v) is 4.51. The Kier molecular flexibility index (Phi) is 4.19. The number of rotatable bonds is 4. The fourth-order valence-electron chi connectivity index (χ4n) is 1.82. The van der Waals surface area contributed by atoms with Gasteiger partial charge in [0.15, 0.2) is 0 Å². The molecule has 0 aliphatic heterocycles. The lowest BCUT2D eigenvalue weighted by atomic mass is 9.92. The Hall–Kier alpha value is -0.780. The van der Waals surface area contributed by atoms with Crippen LogP contribution in [0.3, 0.4) is 0 Å². The molecule has 0 aliphatic rings. The third kappa shape index (κ3) is 2.87. The molecule has 1 aromatic rings. The zero-order chi connectivity index (χ0) is 10.6. The molecule has 0 amide bonds. The molecule has 1 aromatic carbocycles. The SMILES string of the molecule is CCCC(C)c1cccc(C(C)C)c1. The molecule has 78 valence electrons. The van der Waals surface area contributed by atoms with Crippen LogP contribution in [0.25, 0.3) is 0 Å². The van der Waals surface area contributed by atoms with Gasteiger partial charge >= 0.3 is 0 Å². The molecule has 1 atom stereocenters. The molecule has 0 heterocycles. The number of hydrogen-bond donors (Lipinski definition) is 0. The quantitative estimate of drug-likeness (QED) is 0.644. The minimum atomic E-state index is 0.642. The van der Waals surface area contributed by atoms with E-state index in [0.717, 1.165) is 0 Å². The van der Waals surface area contributed by atoms with Crippen molar-refractivity contribution in [3.05, 3.63) is 35.4 Å². The summed E-state index contributed by atoms with van der Waals surface area (Å²) in [5.41, 5.74) is 2.96. The third-order valence-electron chi connectivity index (χ3n) is 2.87. The average molecular weight is 190 g/mol. The van der Waals surface area contributed by atoms with Crippen LogP contribution in [-0.2, 0) is 0 Å². The van der Waals surface area contributed by atoms with Gasteiger partial charge in [0.25, 0.3) is 0 Å². The van der Waals surface area contributed by atoms with Crippen molar-refractivity contribution >= 4 is 0 Å². The van der Waals surface area contributed by atoms with Gasteiger partial charge in [-0.1, -0.05) is 58.4 Å². The van der Waals surface area contributed by atoms with E-state index in [1.165, 1.54) is 24.0 Å². The van der Waals surface area contributed by atoms with Crippen LogP contribution in [0.15, 0.2) is 24.3 Å². The van der Waals surface area contributed by atoms with E-state index >= 15 is 0 Å². The summed E-state index contributed by atoms with van der Waals surface area (Å²) in [7, 11) is 0. The summed E-state index contributed by atoms with van der Waals surface area (Å²) < 4.78 is 0. The molecule has 0 spiro atoms. The summed E-state index contributed by atoms with van der Waals surface area (Å²) in [6.45, 7) is 9.08. The topological polar surface area (TPSA) is 0 Å². The van der Waals surface area contributed by atoms with Gasteiger partial charge in [-0.15, -0.1) is 0 Å². The summed E-state index contributed by atoms with van der Waals surface area (Å²) in [6, 6.07) is 9.04. The van der Waals surface area contributed by atoms with E-state index in [1.54, 1.807) is 0 Å². The smallest absolute Gasteiger partial charge is 0.0190 e. The van der Waals surface area contributed by atoms with Gasteiger partial charge in [-0.3, -0.25) is 0 Å². The first-order valence-electron chi connectivity index (χ1n) is 5.75. The van der Waals surface area contributed by atoms with Crippen molar-refractivity contribution in [2.24, 2.45) is 0 Å². The van der Waals surface area contributed by atoms with Crippen molar-refractivity contribution < 1.29 is 0 Å². The summed E-state index contributed by atoms with van der Waals surface area (Å²) >= 11 is 0. The largest absolute Gasteiger partial charge is 0.0654 e. The lowest BCUT2D eigenvalue weighted by Gasteiger charge is -2.13. The lowest BCUT2D eigenvalue weighted by molar-refractivity contribution is 0.663. The minimum Gasteiger partial charge on any atom is -0.0654 e. The van der Waals surface area contributed by atoms with Crippen molar-refractivity contribution in [3.63, 3.8) is 0 Å². The first-order chi connectivity index (χ1) is 6.65. The molecule has 0 nitrogen and oxygen atoms in total. The highest BCUT2D eigenvalue weighted by molar-refractivity contribution is 5.27. The third-order valence-corrected chi connectivity index (χ3v) is 2.87. The molecule has 0 aromatic heterocycles. The Labute approximate surface area is 88.4 Å². The van der Waals surface area contributed by atoms with Crippen LogP contribution >= 0.6 is 0 Å². The second kappa shape index (κ2) is 5.19. The van der Waals surface area contributed by atoms with Crippen molar-refractivity contribution in [1.82, 2.24) is 0 Å². The van der Waals surface area contributed by atoms with Gasteiger partial charge in [0.2, 0.25) is 0 Å². The first kappa shape index (κ1) is 11.3. The maximum atomic E-state index is 2.37. The highest BCUT2D eigenvalue weighted by Gasteiger charge is 2.06. The first-order valence-corrected chi connectivity index (χ1v) is 5.75. The van der Waals surface area contributed by atoms with Crippen LogP contribution in [-0.4, -0.2) is 0 Å². The molecular weight excluding hydrogens is 168 g/mol. The molecule has 1 unspecified atom stereocenters. The van der Waals surface area contributed by atoms with Crippen molar-refractivity contribution in [2.75, 3.05) is 0 Å². The summed E-state index contributed by atoms with van der Waals surface area (Å²) in [5.74, 6) is 1.35. The van der Waals surface area contributed by atoms with Gasteiger partial charge in [-0.05, 0) is 29.4 Å². The molecule has 0 fully saturated rings. The molecule has 0 saturated carbocycles. The maximum Gasteiger partial charge on any atom is -0.0190 e. The van der Waals surface area contributed by atoms with E-state index in [-0.39, 0.29) is 0 Å². The molecule has 0 radical (unpaired) electrons. The van der Waals surface area contributed by atoms with E-state index in [9.17, 15) is 0 Å². The van der Waals surface area contributed by atoms with Crippen LogP contribution in [0.5, 0.6) is 0 Å². The molecule has 0 saturated heterocycles. The van der Waals surface area contributed by atoms with Crippen LogP contribution in [0.2, 0.25) is 0 Å². The molecule has 1 rings (SSSR count). The Morgan fingerprint density at radius 3 is 2.29 bits per heavy atom. The molecule has 0 bridgehead atoms. The van der Waals surface area contributed by atoms with Gasteiger partial charge in [-0.2, -0.15) is 0 Å². The van der Waals surface area contributed by atoms with E-state index in [4.69, 9.17) is 0 Å². The Morgan fingerprint density at radius 2 is 1.71 bits per heavy atom. The zero-order valence-electron chi connectivity index (χ0n) is 9.88. The Bertz CT molecular complexity index is 273. The fraction of sp³-hybridized carbons (Fsp3) is 0.571. The van der Waals surface area contributed by atoms with Crippen LogP contribution in [0, 0.1) is 0 Å². The van der Waals surface area contributed by atoms with Crippen molar-refractivity contribution in [2.45, 2.75) is 52.4 Å². The van der Waals surface area contributed by atoms with E-state index in [0.29, 0.717) is 11.8 Å². The molecule has 14 heavy (non-hydrogen) atoms. The number of hydrogen-bond acceptors (Lipinski definition) is 0. The second-order valence-electron chi connectivity index (χ2n) is 4.51. The molecule has 0 heteroatoms. The Morgan fingerprint density at radius 1 is 1.07 bits per heavy atom. The van der Waals surface area contributed by atoms with Crippen LogP contribution in [0.1, 0.15) is 63.5 Å². The Balaban J connectivity index is 2.82. The molecular formula is C14H22. The minimum absolute atomic E-state index is 0.642. The molecule has 0 aliphatic carbocycles. The monoisotopic (exact) mass is 190 g/mol. The maximum absolute atomic E-state index is 2.37. The van der Waals surface area contributed by atoms with Crippen LogP contribution in [0.4, 0.5) is 0 Å². The standard InChI is InChI=1S/C14H22/c1-5-7-12(4)14-9-6-8-13(10-14)11(2)3/h6,8-12H,5,7H2,1-4H3.